The van der Waals surface area contributed by atoms with Gasteiger partial charge in [-0.3, -0.25) is 14.4 Å². The topological polar surface area (TPSA) is 69.7 Å². The summed E-state index contributed by atoms with van der Waals surface area (Å²) in [4.78, 5) is 32.5. The fourth-order valence-electron chi connectivity index (χ4n) is 1.56. The third-order valence-corrected chi connectivity index (χ3v) is 2.32. The summed E-state index contributed by atoms with van der Waals surface area (Å²) < 4.78 is 9.91. The fourth-order valence-corrected chi connectivity index (χ4v) is 1.56. The third-order valence-electron chi connectivity index (χ3n) is 2.32. The summed E-state index contributed by atoms with van der Waals surface area (Å²) in [5.74, 6) is -1.32. The van der Waals surface area contributed by atoms with Crippen LogP contribution in [0.2, 0.25) is 0 Å². The second-order valence-corrected chi connectivity index (χ2v) is 3.65. The molecular formula is C12H14O5. The normalized spacial score (nSPS) is 22.6. The molecule has 5 nitrogen and oxygen atoms in total. The predicted octanol–water partition coefficient (Wildman–Crippen LogP) is 0.792. The number of carbonyl (C=O) groups excluding carboxylic acids is 3. The van der Waals surface area contributed by atoms with E-state index in [0.717, 1.165) is 0 Å². The Labute approximate surface area is 99.1 Å². The van der Waals surface area contributed by atoms with Crippen molar-refractivity contribution in [1.82, 2.24) is 0 Å². The van der Waals surface area contributed by atoms with Gasteiger partial charge in [-0.25, -0.2) is 0 Å². The van der Waals surface area contributed by atoms with Crippen molar-refractivity contribution in [2.24, 2.45) is 5.92 Å². The van der Waals surface area contributed by atoms with Crippen LogP contribution in [0.4, 0.5) is 0 Å². The molecule has 0 aromatic carbocycles. The van der Waals surface area contributed by atoms with E-state index in [1.54, 1.807) is 18.2 Å². The standard InChI is InChI=1S/C12H14O5/c1-8(14)16-7-11-10(6-13)4-3-5-12(11)17-9(2)15/h3-6,11-12H,7H2,1-2H3/t11-,12+/m0/s1. The van der Waals surface area contributed by atoms with E-state index < -0.39 is 24.0 Å². The van der Waals surface area contributed by atoms with Crippen LogP contribution in [0.1, 0.15) is 13.8 Å². The average molecular weight is 238 g/mol. The first-order valence-electron chi connectivity index (χ1n) is 5.18. The highest BCUT2D eigenvalue weighted by atomic mass is 16.6. The molecule has 1 aliphatic carbocycles. The van der Waals surface area contributed by atoms with E-state index in [2.05, 4.69) is 0 Å². The van der Waals surface area contributed by atoms with Crippen LogP contribution < -0.4 is 0 Å². The van der Waals surface area contributed by atoms with E-state index in [-0.39, 0.29) is 6.61 Å². The van der Waals surface area contributed by atoms with Crippen LogP contribution in [-0.4, -0.2) is 30.9 Å². The summed E-state index contributed by atoms with van der Waals surface area (Å²) in [7, 11) is 0. The van der Waals surface area contributed by atoms with Crippen LogP contribution in [0.25, 0.3) is 0 Å². The summed E-state index contributed by atoms with van der Waals surface area (Å²) in [6.07, 6.45) is 5.01. The lowest BCUT2D eigenvalue weighted by molar-refractivity contribution is -0.149. The molecular weight excluding hydrogens is 224 g/mol. The summed E-state index contributed by atoms with van der Waals surface area (Å²) in [5.41, 5.74) is 0.444. The molecule has 0 saturated heterocycles. The summed E-state index contributed by atoms with van der Waals surface area (Å²) in [6.45, 7) is 2.58. The second kappa shape index (κ2) is 5.98. The number of hydrogen-bond donors (Lipinski definition) is 0. The average Bonchev–Trinajstić information content (AvgIpc) is 2.26. The van der Waals surface area contributed by atoms with Crippen molar-refractivity contribution in [2.45, 2.75) is 20.0 Å². The Morgan fingerprint density at radius 1 is 1.35 bits per heavy atom. The number of esters is 2. The maximum atomic E-state index is 10.9. The summed E-state index contributed by atoms with van der Waals surface area (Å²) >= 11 is 0. The van der Waals surface area contributed by atoms with E-state index in [1.807, 2.05) is 0 Å². The molecule has 1 rings (SSSR count). The molecule has 0 aromatic heterocycles. The van der Waals surface area contributed by atoms with Crippen molar-refractivity contribution < 1.29 is 23.9 Å². The highest BCUT2D eigenvalue weighted by molar-refractivity contribution is 5.76. The second-order valence-electron chi connectivity index (χ2n) is 3.65. The van der Waals surface area contributed by atoms with Gasteiger partial charge in [0.25, 0.3) is 0 Å². The van der Waals surface area contributed by atoms with Gasteiger partial charge in [0.05, 0.1) is 5.92 Å². The number of carbonyl (C=O) groups is 3. The Morgan fingerprint density at radius 3 is 2.59 bits per heavy atom. The Morgan fingerprint density at radius 2 is 2.06 bits per heavy atom. The number of rotatable bonds is 4. The lowest BCUT2D eigenvalue weighted by Gasteiger charge is -2.26. The van der Waals surface area contributed by atoms with E-state index >= 15 is 0 Å². The van der Waals surface area contributed by atoms with E-state index in [4.69, 9.17) is 9.47 Å². The van der Waals surface area contributed by atoms with E-state index in [1.165, 1.54) is 13.8 Å². The van der Waals surface area contributed by atoms with Crippen LogP contribution >= 0.6 is 0 Å². The van der Waals surface area contributed by atoms with Gasteiger partial charge < -0.3 is 9.47 Å². The van der Waals surface area contributed by atoms with Crippen molar-refractivity contribution in [2.75, 3.05) is 6.61 Å². The molecule has 0 N–H and O–H groups in total. The minimum atomic E-state index is -0.572. The quantitative estimate of drug-likeness (QED) is 0.535. The minimum Gasteiger partial charge on any atom is -0.465 e. The first kappa shape index (κ1) is 13.2. The molecule has 0 amide bonds. The number of ether oxygens (including phenoxy) is 2. The van der Waals surface area contributed by atoms with Gasteiger partial charge in [0.2, 0.25) is 0 Å². The molecule has 17 heavy (non-hydrogen) atoms. The summed E-state index contributed by atoms with van der Waals surface area (Å²) in [5, 5.41) is 0. The van der Waals surface area contributed by atoms with Crippen molar-refractivity contribution in [3.63, 3.8) is 0 Å². The molecule has 0 fully saturated rings. The maximum Gasteiger partial charge on any atom is 0.303 e. The predicted molar refractivity (Wildman–Crippen MR) is 59.0 cm³/mol. The van der Waals surface area contributed by atoms with Crippen LogP contribution in [0, 0.1) is 5.92 Å². The highest BCUT2D eigenvalue weighted by Gasteiger charge is 2.28. The molecule has 0 spiro atoms. The largest absolute Gasteiger partial charge is 0.465 e. The Kier molecular flexibility index (Phi) is 4.63. The maximum absolute atomic E-state index is 10.9. The Balaban J connectivity index is 2.77. The van der Waals surface area contributed by atoms with Crippen LogP contribution in [0.5, 0.6) is 0 Å². The van der Waals surface area contributed by atoms with Crippen LogP contribution in [0.3, 0.4) is 0 Å². The molecule has 2 atom stereocenters. The zero-order valence-electron chi connectivity index (χ0n) is 9.71. The third kappa shape index (κ3) is 3.86. The number of aldehydes is 1. The molecule has 0 aliphatic heterocycles. The molecule has 0 saturated carbocycles. The molecule has 0 bridgehead atoms. The highest BCUT2D eigenvalue weighted by Crippen LogP contribution is 2.23. The van der Waals surface area contributed by atoms with E-state index in [0.29, 0.717) is 11.9 Å². The van der Waals surface area contributed by atoms with Crippen molar-refractivity contribution in [1.29, 1.82) is 0 Å². The van der Waals surface area contributed by atoms with Crippen molar-refractivity contribution in [3.8, 4) is 0 Å². The van der Waals surface area contributed by atoms with Gasteiger partial charge in [0.15, 0.2) is 0 Å². The van der Waals surface area contributed by atoms with Gasteiger partial charge in [0.1, 0.15) is 19.0 Å². The minimum absolute atomic E-state index is 0.0161. The number of hydrogen-bond acceptors (Lipinski definition) is 5. The Hall–Kier alpha value is -1.91. The Bertz CT molecular complexity index is 380. The zero-order chi connectivity index (χ0) is 12.8. The lowest BCUT2D eigenvalue weighted by Crippen LogP contribution is -2.32. The van der Waals surface area contributed by atoms with Gasteiger partial charge in [-0.1, -0.05) is 12.2 Å². The molecule has 0 heterocycles. The van der Waals surface area contributed by atoms with Crippen molar-refractivity contribution in [3.05, 3.63) is 23.8 Å². The van der Waals surface area contributed by atoms with Gasteiger partial charge in [-0.05, 0) is 6.08 Å². The SMILES string of the molecule is CC(=O)OC[C@H]1C(C=O)=CC=C[C@H]1OC(C)=O. The van der Waals surface area contributed by atoms with Gasteiger partial charge in [-0.2, -0.15) is 0 Å². The van der Waals surface area contributed by atoms with Crippen LogP contribution in [-0.2, 0) is 23.9 Å². The lowest BCUT2D eigenvalue weighted by atomic mass is 9.90. The van der Waals surface area contributed by atoms with Gasteiger partial charge in [0, 0.05) is 19.4 Å². The summed E-state index contributed by atoms with van der Waals surface area (Å²) in [6, 6.07) is 0. The van der Waals surface area contributed by atoms with Gasteiger partial charge >= 0.3 is 11.9 Å². The zero-order valence-corrected chi connectivity index (χ0v) is 9.71. The van der Waals surface area contributed by atoms with Gasteiger partial charge in [-0.15, -0.1) is 0 Å². The first-order valence-corrected chi connectivity index (χ1v) is 5.18. The van der Waals surface area contributed by atoms with Crippen molar-refractivity contribution >= 4 is 18.2 Å². The van der Waals surface area contributed by atoms with Crippen LogP contribution in [0.15, 0.2) is 23.8 Å². The molecule has 1 aliphatic rings. The smallest absolute Gasteiger partial charge is 0.303 e. The first-order chi connectivity index (χ1) is 8.04. The molecule has 0 radical (unpaired) electrons. The molecule has 0 unspecified atom stereocenters. The fraction of sp³-hybridized carbons (Fsp3) is 0.417. The molecule has 5 heteroatoms. The van der Waals surface area contributed by atoms with E-state index in [9.17, 15) is 14.4 Å². The molecule has 0 aromatic rings. The monoisotopic (exact) mass is 238 g/mol. The number of allylic oxidation sites excluding steroid dienone is 2. The molecule has 92 valence electrons.